The van der Waals surface area contributed by atoms with Crippen molar-refractivity contribution < 1.29 is 0 Å². The third-order valence-electron chi connectivity index (χ3n) is 11.1. The van der Waals surface area contributed by atoms with Gasteiger partial charge in [-0.1, -0.05) is 71.8 Å². The van der Waals surface area contributed by atoms with E-state index < -0.39 is 0 Å². The van der Waals surface area contributed by atoms with Crippen molar-refractivity contribution in [3.05, 3.63) is 11.6 Å². The van der Waals surface area contributed by atoms with Gasteiger partial charge in [-0.2, -0.15) is 0 Å². The first kappa shape index (κ1) is 25.4. The quantitative estimate of drug-likeness (QED) is 0.366. The van der Waals surface area contributed by atoms with Crippen LogP contribution in [0.2, 0.25) is 0 Å². The van der Waals surface area contributed by atoms with Crippen molar-refractivity contribution in [2.45, 2.75) is 126 Å². The Kier molecular flexibility index (Phi) is 7.23. The molecule has 0 aromatic heterocycles. The molecule has 0 heterocycles. The molecule has 186 valence electrons. The molecule has 0 saturated heterocycles. The molecule has 0 heteroatoms. The van der Waals surface area contributed by atoms with Crippen LogP contribution in [0.25, 0.3) is 0 Å². The van der Waals surface area contributed by atoms with E-state index in [1.165, 1.54) is 76.2 Å². The molecule has 33 heavy (non-hydrogen) atoms. The monoisotopic (exact) mass is 450 g/mol. The zero-order valence-electron chi connectivity index (χ0n) is 23.4. The predicted molar refractivity (Wildman–Crippen MR) is 144 cm³/mol. The Hall–Kier alpha value is -0.700. The molecule has 0 aromatic rings. The maximum absolute atomic E-state index is 3.58. The van der Waals surface area contributed by atoms with Crippen LogP contribution in [0.1, 0.15) is 126 Å². The van der Waals surface area contributed by atoms with Crippen LogP contribution in [0.4, 0.5) is 0 Å². The summed E-state index contributed by atoms with van der Waals surface area (Å²) in [5.74, 6) is 13.7. The van der Waals surface area contributed by atoms with Crippen molar-refractivity contribution in [2.24, 2.45) is 57.7 Å². The maximum atomic E-state index is 3.58. The number of rotatable bonds is 5. The zero-order chi connectivity index (χ0) is 24.0. The second kappa shape index (κ2) is 9.40. The van der Waals surface area contributed by atoms with E-state index in [-0.39, 0.29) is 5.41 Å². The first-order valence-corrected chi connectivity index (χ1v) is 14.7. The summed E-state index contributed by atoms with van der Waals surface area (Å²) in [5, 5.41) is 0. The Labute approximate surface area is 207 Å². The molecule has 0 N–H and O–H groups in total. The van der Waals surface area contributed by atoms with E-state index in [0.29, 0.717) is 10.8 Å². The average molecular weight is 451 g/mol. The lowest BCUT2D eigenvalue weighted by atomic mass is 9.45. The van der Waals surface area contributed by atoms with Crippen LogP contribution in [-0.2, 0) is 0 Å². The van der Waals surface area contributed by atoms with Gasteiger partial charge in [0.05, 0.1) is 0 Å². The summed E-state index contributed by atoms with van der Waals surface area (Å²) in [5.41, 5.74) is 2.70. The molecule has 3 saturated carbocycles. The fourth-order valence-corrected chi connectivity index (χ4v) is 9.27. The van der Waals surface area contributed by atoms with Gasteiger partial charge in [0.2, 0.25) is 0 Å². The molecule has 4 aliphatic carbocycles. The van der Waals surface area contributed by atoms with Crippen molar-refractivity contribution in [1.29, 1.82) is 0 Å². The molecule has 4 aliphatic rings. The molecule has 4 rings (SSSR count). The number of allylic oxidation sites excluding steroid dienone is 2. The molecule has 0 unspecified atom stereocenters. The first-order chi connectivity index (χ1) is 15.4. The normalized spacial score (nSPS) is 41.4. The second-order valence-electron chi connectivity index (χ2n) is 14.8. The highest BCUT2D eigenvalue weighted by Gasteiger charge is 2.60. The smallest absolute Gasteiger partial charge is 0.0233 e. The molecular formula is C33H54. The summed E-state index contributed by atoms with van der Waals surface area (Å²) in [6.07, 6.45) is 18.4. The molecule has 0 amide bonds. The lowest BCUT2D eigenvalue weighted by Crippen LogP contribution is -2.52. The first-order valence-electron chi connectivity index (χ1n) is 14.7. The van der Waals surface area contributed by atoms with Gasteiger partial charge in [-0.15, -0.1) is 0 Å². The highest BCUT2D eigenvalue weighted by Crippen LogP contribution is 2.68. The van der Waals surface area contributed by atoms with Gasteiger partial charge in [-0.05, 0) is 130 Å². The summed E-state index contributed by atoms with van der Waals surface area (Å²) >= 11 is 0. The molecular weight excluding hydrogens is 396 g/mol. The van der Waals surface area contributed by atoms with Crippen LogP contribution in [0, 0.1) is 69.5 Å². The standard InChI is InChI=1S/C33H54/c1-23(2)10-9-11-24(3)28-14-15-29-27-13-12-26-22-25(16-19-31(4,5)6)17-20-32(26,7)30(27)18-21-33(28,29)8/h17,23-24,26-30H,9-15,18,20-22H2,1-8H3/t24-,26-,27+,28-,29+,30+,32-,33+/m0/s1. The van der Waals surface area contributed by atoms with E-state index in [0.717, 1.165) is 41.4 Å². The third kappa shape index (κ3) is 5.00. The van der Waals surface area contributed by atoms with E-state index >= 15 is 0 Å². The molecule has 0 aromatic carbocycles. The van der Waals surface area contributed by atoms with Gasteiger partial charge in [-0.25, -0.2) is 0 Å². The van der Waals surface area contributed by atoms with Crippen LogP contribution in [0.3, 0.4) is 0 Å². The lowest BCUT2D eigenvalue weighted by Gasteiger charge is -2.60. The van der Waals surface area contributed by atoms with Gasteiger partial charge < -0.3 is 0 Å². The van der Waals surface area contributed by atoms with Gasteiger partial charge in [0, 0.05) is 5.41 Å². The van der Waals surface area contributed by atoms with Crippen molar-refractivity contribution >= 4 is 0 Å². The largest absolute Gasteiger partial charge is 0.0923 e. The van der Waals surface area contributed by atoms with E-state index in [9.17, 15) is 0 Å². The Morgan fingerprint density at radius 1 is 0.939 bits per heavy atom. The molecule has 0 nitrogen and oxygen atoms in total. The van der Waals surface area contributed by atoms with Crippen molar-refractivity contribution in [3.8, 4) is 11.8 Å². The Morgan fingerprint density at radius 2 is 1.67 bits per heavy atom. The zero-order valence-corrected chi connectivity index (χ0v) is 23.4. The molecule has 0 spiro atoms. The minimum Gasteiger partial charge on any atom is -0.0923 e. The van der Waals surface area contributed by atoms with Crippen LogP contribution in [0.15, 0.2) is 11.6 Å². The van der Waals surface area contributed by atoms with E-state index in [1.807, 2.05) is 0 Å². The van der Waals surface area contributed by atoms with Crippen molar-refractivity contribution in [2.75, 3.05) is 0 Å². The van der Waals surface area contributed by atoms with Gasteiger partial charge in [0.25, 0.3) is 0 Å². The van der Waals surface area contributed by atoms with Crippen LogP contribution in [-0.4, -0.2) is 0 Å². The van der Waals surface area contributed by atoms with Crippen molar-refractivity contribution in [1.82, 2.24) is 0 Å². The minimum absolute atomic E-state index is 0.109. The van der Waals surface area contributed by atoms with E-state index in [4.69, 9.17) is 0 Å². The third-order valence-corrected chi connectivity index (χ3v) is 11.1. The molecule has 3 fully saturated rings. The lowest BCUT2D eigenvalue weighted by molar-refractivity contribution is -0.101. The minimum atomic E-state index is 0.109. The highest BCUT2D eigenvalue weighted by molar-refractivity contribution is 5.33. The summed E-state index contributed by atoms with van der Waals surface area (Å²) in [6, 6.07) is 0. The van der Waals surface area contributed by atoms with Crippen LogP contribution >= 0.6 is 0 Å². The van der Waals surface area contributed by atoms with Gasteiger partial charge in [0.15, 0.2) is 0 Å². The summed E-state index contributed by atoms with van der Waals surface area (Å²) < 4.78 is 0. The topological polar surface area (TPSA) is 0 Å². The van der Waals surface area contributed by atoms with E-state index in [2.05, 4.69) is 73.3 Å². The molecule has 0 bridgehead atoms. The predicted octanol–water partition coefficient (Wildman–Crippen LogP) is 9.69. The Balaban J connectivity index is 1.46. The average Bonchev–Trinajstić information content (AvgIpc) is 3.08. The second-order valence-corrected chi connectivity index (χ2v) is 14.8. The molecule has 0 radical (unpaired) electrons. The number of hydrogen-bond acceptors (Lipinski definition) is 0. The van der Waals surface area contributed by atoms with Crippen LogP contribution < -0.4 is 0 Å². The van der Waals surface area contributed by atoms with Crippen LogP contribution in [0.5, 0.6) is 0 Å². The fourth-order valence-electron chi connectivity index (χ4n) is 9.27. The maximum Gasteiger partial charge on any atom is 0.0233 e. The molecule has 0 aliphatic heterocycles. The molecule has 8 atom stereocenters. The highest BCUT2D eigenvalue weighted by atomic mass is 14.6. The summed E-state index contributed by atoms with van der Waals surface area (Å²) in [6.45, 7) is 19.5. The summed E-state index contributed by atoms with van der Waals surface area (Å²) in [4.78, 5) is 0. The SMILES string of the molecule is CC(C)CCC[C@H](C)[C@@H]1CC[C@@H]2[C@H]3CC[C@H]4CC(C#CC(C)(C)C)=CC[C@]4(C)[C@@H]3CC[C@@]21C. The number of fused-ring (bicyclic) bond motifs is 5. The van der Waals surface area contributed by atoms with E-state index in [1.54, 1.807) is 0 Å². The fraction of sp³-hybridized carbons (Fsp3) is 0.879. The Morgan fingerprint density at radius 3 is 2.36 bits per heavy atom. The number of hydrogen-bond donors (Lipinski definition) is 0. The van der Waals surface area contributed by atoms with Gasteiger partial charge in [-0.3, -0.25) is 0 Å². The van der Waals surface area contributed by atoms with Gasteiger partial charge >= 0.3 is 0 Å². The van der Waals surface area contributed by atoms with Gasteiger partial charge in [0.1, 0.15) is 0 Å². The summed E-state index contributed by atoms with van der Waals surface area (Å²) in [7, 11) is 0. The Bertz CT molecular complexity index is 781. The van der Waals surface area contributed by atoms with Crippen molar-refractivity contribution in [3.63, 3.8) is 0 Å².